The predicted octanol–water partition coefficient (Wildman–Crippen LogP) is 4.10. The monoisotopic (exact) mass is 278 g/mol. The molecule has 0 aromatic heterocycles. The summed E-state index contributed by atoms with van der Waals surface area (Å²) in [7, 11) is 1.64. The normalized spacial score (nSPS) is 26.6. The molecule has 0 amide bonds. The fraction of sp³-hybridized carbons (Fsp3) is 0.647. The van der Waals surface area contributed by atoms with Crippen molar-refractivity contribution in [2.45, 2.75) is 58.2 Å². The van der Waals surface area contributed by atoms with Crippen LogP contribution in [0, 0.1) is 5.92 Å². The Morgan fingerprint density at radius 2 is 2.20 bits per heavy atom. The maximum Gasteiger partial charge on any atom is 0.126 e. The van der Waals surface area contributed by atoms with E-state index in [0.29, 0.717) is 12.3 Å². The van der Waals surface area contributed by atoms with Crippen molar-refractivity contribution in [1.82, 2.24) is 0 Å². The summed E-state index contributed by atoms with van der Waals surface area (Å²) in [4.78, 5) is 0. The molecule has 1 N–H and O–H groups in total. The van der Waals surface area contributed by atoms with Crippen LogP contribution in [-0.2, 0) is 0 Å². The van der Waals surface area contributed by atoms with Gasteiger partial charge in [-0.25, -0.2) is 0 Å². The van der Waals surface area contributed by atoms with E-state index in [2.05, 4.69) is 20.8 Å². The quantitative estimate of drug-likeness (QED) is 0.881. The van der Waals surface area contributed by atoms with Gasteiger partial charge in [-0.15, -0.1) is 0 Å². The van der Waals surface area contributed by atoms with E-state index in [4.69, 9.17) is 9.47 Å². The van der Waals surface area contributed by atoms with Gasteiger partial charge in [0.25, 0.3) is 0 Å². The Bertz CT molecular complexity index is 458. The molecule has 2 unspecified atom stereocenters. The molecule has 0 spiro atoms. The molecular formula is C17H26O3. The molecule has 0 saturated carbocycles. The summed E-state index contributed by atoms with van der Waals surface area (Å²) in [5.74, 6) is 2.16. The van der Waals surface area contributed by atoms with Crippen molar-refractivity contribution in [3.63, 3.8) is 0 Å². The molecule has 1 aliphatic heterocycles. The molecule has 1 aromatic rings. The van der Waals surface area contributed by atoms with E-state index in [0.717, 1.165) is 36.3 Å². The zero-order chi connectivity index (χ0) is 14.8. The van der Waals surface area contributed by atoms with Gasteiger partial charge in [0.15, 0.2) is 0 Å². The molecular weight excluding hydrogens is 252 g/mol. The third-order valence-corrected chi connectivity index (χ3v) is 4.53. The van der Waals surface area contributed by atoms with E-state index in [1.54, 1.807) is 7.11 Å². The molecule has 0 radical (unpaired) electrons. The largest absolute Gasteiger partial charge is 0.497 e. The number of methoxy groups -OCH3 is 1. The Morgan fingerprint density at radius 1 is 1.45 bits per heavy atom. The van der Waals surface area contributed by atoms with Gasteiger partial charge in [-0.2, -0.15) is 0 Å². The minimum absolute atomic E-state index is 0.240. The first-order valence-electron chi connectivity index (χ1n) is 7.58. The minimum Gasteiger partial charge on any atom is -0.497 e. The van der Waals surface area contributed by atoms with Crippen LogP contribution in [0.15, 0.2) is 18.2 Å². The Hall–Kier alpha value is -1.22. The van der Waals surface area contributed by atoms with Crippen LogP contribution < -0.4 is 9.47 Å². The topological polar surface area (TPSA) is 38.7 Å². The van der Waals surface area contributed by atoms with Gasteiger partial charge in [0.1, 0.15) is 17.1 Å². The third-order valence-electron chi connectivity index (χ3n) is 4.53. The predicted molar refractivity (Wildman–Crippen MR) is 80.3 cm³/mol. The summed E-state index contributed by atoms with van der Waals surface area (Å²) in [6, 6.07) is 5.68. The third kappa shape index (κ3) is 2.93. The molecule has 20 heavy (non-hydrogen) atoms. The van der Waals surface area contributed by atoms with Gasteiger partial charge in [-0.1, -0.05) is 27.2 Å². The lowest BCUT2D eigenvalue weighted by Crippen LogP contribution is -2.42. The average molecular weight is 278 g/mol. The van der Waals surface area contributed by atoms with Crippen LogP contribution in [-0.4, -0.2) is 17.8 Å². The highest BCUT2D eigenvalue weighted by atomic mass is 16.5. The van der Waals surface area contributed by atoms with Crippen molar-refractivity contribution < 1.29 is 14.6 Å². The molecule has 1 heterocycles. The van der Waals surface area contributed by atoms with Gasteiger partial charge in [0, 0.05) is 12.0 Å². The summed E-state index contributed by atoms with van der Waals surface area (Å²) in [6.45, 7) is 6.59. The van der Waals surface area contributed by atoms with Gasteiger partial charge in [-0.05, 0) is 37.0 Å². The van der Waals surface area contributed by atoms with Crippen molar-refractivity contribution >= 4 is 0 Å². The number of hydrogen-bond acceptors (Lipinski definition) is 3. The van der Waals surface area contributed by atoms with Crippen LogP contribution in [0.25, 0.3) is 0 Å². The number of hydrogen-bond donors (Lipinski definition) is 1. The van der Waals surface area contributed by atoms with Crippen molar-refractivity contribution in [3.05, 3.63) is 23.8 Å². The minimum atomic E-state index is -0.474. The first-order valence-corrected chi connectivity index (χ1v) is 7.58. The molecule has 2 rings (SSSR count). The summed E-state index contributed by atoms with van der Waals surface area (Å²) < 4.78 is 11.5. The Balaban J connectivity index is 2.29. The molecule has 112 valence electrons. The fourth-order valence-corrected chi connectivity index (χ4v) is 3.01. The van der Waals surface area contributed by atoms with Crippen LogP contribution in [0.3, 0.4) is 0 Å². The second-order valence-corrected chi connectivity index (χ2v) is 5.98. The number of ether oxygens (including phenoxy) is 2. The lowest BCUT2D eigenvalue weighted by atomic mass is 9.80. The fourth-order valence-electron chi connectivity index (χ4n) is 3.01. The SMILES string of the molecule is CCC(C)CC1(CC)C[C@@H](O)c2cc(OC)ccc2O1. The summed E-state index contributed by atoms with van der Waals surface area (Å²) in [5, 5.41) is 10.5. The maximum absolute atomic E-state index is 10.5. The molecule has 0 aliphatic carbocycles. The van der Waals surface area contributed by atoms with E-state index in [1.807, 2.05) is 18.2 Å². The van der Waals surface area contributed by atoms with Gasteiger partial charge < -0.3 is 14.6 Å². The Labute approximate surface area is 121 Å². The van der Waals surface area contributed by atoms with E-state index in [1.165, 1.54) is 0 Å². The zero-order valence-corrected chi connectivity index (χ0v) is 13.0. The number of aliphatic hydroxyl groups is 1. The summed E-state index contributed by atoms with van der Waals surface area (Å²) in [5.41, 5.74) is 0.605. The van der Waals surface area contributed by atoms with Crippen molar-refractivity contribution in [2.24, 2.45) is 5.92 Å². The van der Waals surface area contributed by atoms with E-state index in [-0.39, 0.29) is 5.60 Å². The Morgan fingerprint density at radius 3 is 2.80 bits per heavy atom. The van der Waals surface area contributed by atoms with Gasteiger partial charge in [0.05, 0.1) is 13.2 Å². The van der Waals surface area contributed by atoms with E-state index >= 15 is 0 Å². The number of aliphatic hydroxyl groups excluding tert-OH is 1. The van der Waals surface area contributed by atoms with Crippen LogP contribution in [0.5, 0.6) is 11.5 Å². The van der Waals surface area contributed by atoms with Gasteiger partial charge in [-0.3, -0.25) is 0 Å². The van der Waals surface area contributed by atoms with Crippen LogP contribution in [0.2, 0.25) is 0 Å². The van der Waals surface area contributed by atoms with Crippen LogP contribution in [0.1, 0.15) is 58.1 Å². The molecule has 3 heteroatoms. The van der Waals surface area contributed by atoms with Crippen molar-refractivity contribution in [3.8, 4) is 11.5 Å². The standard InChI is InChI=1S/C17H26O3/c1-5-12(3)10-17(6-2)11-15(18)14-9-13(19-4)7-8-16(14)20-17/h7-9,12,15,18H,5-6,10-11H2,1-4H3/t12?,15-,17?/m1/s1. The van der Waals surface area contributed by atoms with Crippen LogP contribution in [0.4, 0.5) is 0 Å². The highest BCUT2D eigenvalue weighted by Gasteiger charge is 2.40. The Kier molecular flexibility index (Phi) is 4.59. The lowest BCUT2D eigenvalue weighted by Gasteiger charge is -2.42. The number of benzene rings is 1. The lowest BCUT2D eigenvalue weighted by molar-refractivity contribution is -0.0319. The molecule has 1 aromatic carbocycles. The molecule has 0 fully saturated rings. The van der Waals surface area contributed by atoms with E-state index in [9.17, 15) is 5.11 Å². The second-order valence-electron chi connectivity index (χ2n) is 5.98. The highest BCUT2D eigenvalue weighted by Crippen LogP contribution is 2.45. The van der Waals surface area contributed by atoms with Crippen molar-refractivity contribution in [1.29, 1.82) is 0 Å². The zero-order valence-electron chi connectivity index (χ0n) is 13.0. The molecule has 0 bridgehead atoms. The van der Waals surface area contributed by atoms with Crippen LogP contribution >= 0.6 is 0 Å². The highest BCUT2D eigenvalue weighted by molar-refractivity contribution is 5.43. The van der Waals surface area contributed by atoms with Gasteiger partial charge >= 0.3 is 0 Å². The number of rotatable bonds is 5. The average Bonchev–Trinajstić information content (AvgIpc) is 2.46. The van der Waals surface area contributed by atoms with E-state index < -0.39 is 6.10 Å². The molecule has 3 nitrogen and oxygen atoms in total. The summed E-state index contributed by atoms with van der Waals surface area (Å²) >= 11 is 0. The number of fused-ring (bicyclic) bond motifs is 1. The van der Waals surface area contributed by atoms with Crippen molar-refractivity contribution in [2.75, 3.05) is 7.11 Å². The smallest absolute Gasteiger partial charge is 0.126 e. The summed E-state index contributed by atoms with van der Waals surface area (Å²) in [6.07, 6.45) is 3.23. The molecule has 3 atom stereocenters. The molecule has 1 aliphatic rings. The first kappa shape index (κ1) is 15.2. The first-order chi connectivity index (χ1) is 9.53. The van der Waals surface area contributed by atoms with Gasteiger partial charge in [0.2, 0.25) is 0 Å². The molecule has 0 saturated heterocycles. The second kappa shape index (κ2) is 6.04. The maximum atomic E-state index is 10.5.